The minimum Gasteiger partial charge on any atom is -0.497 e. The number of sulfonamides is 1. The van der Waals surface area contributed by atoms with E-state index in [1.807, 2.05) is 13.0 Å². The van der Waals surface area contributed by atoms with Crippen LogP contribution in [0, 0.1) is 13.8 Å². The quantitative estimate of drug-likeness (QED) is 0.587. The number of carbonyl (C=O) groups excluding carboxylic acids is 2. The van der Waals surface area contributed by atoms with Gasteiger partial charge in [-0.15, -0.1) is 0 Å². The van der Waals surface area contributed by atoms with E-state index < -0.39 is 28.1 Å². The number of rotatable bonds is 7. The SMILES string of the molecule is COc1cccc(CNC(=O)C(=O)NC[C@H]2OCCCN2S(=O)(=O)c2cc(C)ccc2C)c1. The molecule has 0 unspecified atom stereocenters. The Kier molecular flexibility index (Phi) is 8.06. The number of benzene rings is 2. The number of hydrogen-bond donors (Lipinski definition) is 2. The fraction of sp³-hybridized carbons (Fsp3) is 0.391. The van der Waals surface area contributed by atoms with Gasteiger partial charge in [0.2, 0.25) is 10.0 Å². The van der Waals surface area contributed by atoms with E-state index in [4.69, 9.17) is 9.47 Å². The van der Waals surface area contributed by atoms with Gasteiger partial charge in [-0.25, -0.2) is 8.42 Å². The van der Waals surface area contributed by atoms with Gasteiger partial charge in [0, 0.05) is 13.1 Å². The van der Waals surface area contributed by atoms with Crippen LogP contribution in [0.2, 0.25) is 0 Å². The van der Waals surface area contributed by atoms with Crippen molar-refractivity contribution in [3.63, 3.8) is 0 Å². The standard InChI is InChI=1S/C23H29N3O6S/c1-16-8-9-17(2)20(12-16)33(29,30)26-10-5-11-32-21(26)15-25-23(28)22(27)24-14-18-6-4-7-19(13-18)31-3/h4,6-9,12-13,21H,5,10-11,14-15H2,1-3H3,(H,24,27)(H,25,28)/t21-/m1/s1. The van der Waals surface area contributed by atoms with Crippen LogP contribution < -0.4 is 15.4 Å². The van der Waals surface area contributed by atoms with Gasteiger partial charge in [0.1, 0.15) is 12.0 Å². The Morgan fingerprint density at radius 1 is 1.12 bits per heavy atom. The summed E-state index contributed by atoms with van der Waals surface area (Å²) in [4.78, 5) is 24.7. The van der Waals surface area contributed by atoms with Gasteiger partial charge in [0.15, 0.2) is 0 Å². The molecule has 1 heterocycles. The lowest BCUT2D eigenvalue weighted by Crippen LogP contribution is -2.53. The molecule has 0 spiro atoms. The fourth-order valence-electron chi connectivity index (χ4n) is 3.52. The van der Waals surface area contributed by atoms with Crippen molar-refractivity contribution in [1.29, 1.82) is 0 Å². The molecule has 2 aromatic carbocycles. The molecule has 9 nitrogen and oxygen atoms in total. The average molecular weight is 476 g/mol. The first-order valence-electron chi connectivity index (χ1n) is 10.6. The number of nitrogens with zero attached hydrogens (tertiary/aromatic N) is 1. The Bertz CT molecular complexity index is 1120. The van der Waals surface area contributed by atoms with Crippen LogP contribution in [0.3, 0.4) is 0 Å². The van der Waals surface area contributed by atoms with Crippen molar-refractivity contribution in [2.45, 2.75) is 37.9 Å². The number of carbonyl (C=O) groups is 2. The summed E-state index contributed by atoms with van der Waals surface area (Å²) >= 11 is 0. The smallest absolute Gasteiger partial charge is 0.309 e. The monoisotopic (exact) mass is 475 g/mol. The third-order valence-corrected chi connectivity index (χ3v) is 7.35. The maximum absolute atomic E-state index is 13.3. The molecule has 0 saturated carbocycles. The lowest BCUT2D eigenvalue weighted by atomic mass is 10.2. The van der Waals surface area contributed by atoms with Crippen molar-refractivity contribution in [3.8, 4) is 5.75 Å². The van der Waals surface area contributed by atoms with Gasteiger partial charge in [-0.3, -0.25) is 9.59 Å². The van der Waals surface area contributed by atoms with Gasteiger partial charge in [0.25, 0.3) is 0 Å². The first-order chi connectivity index (χ1) is 15.7. The molecule has 1 aliphatic rings. The number of ether oxygens (including phenoxy) is 2. The van der Waals surface area contributed by atoms with Gasteiger partial charge in [-0.05, 0) is 55.2 Å². The number of hydrogen-bond acceptors (Lipinski definition) is 6. The van der Waals surface area contributed by atoms with Gasteiger partial charge in [0.05, 0.1) is 25.2 Å². The number of nitrogens with one attached hydrogen (secondary N) is 2. The molecule has 33 heavy (non-hydrogen) atoms. The summed E-state index contributed by atoms with van der Waals surface area (Å²) in [6.07, 6.45) is -0.367. The van der Waals surface area contributed by atoms with Crippen molar-refractivity contribution < 1.29 is 27.5 Å². The van der Waals surface area contributed by atoms with E-state index in [1.165, 1.54) is 4.31 Å². The van der Waals surface area contributed by atoms with E-state index in [1.54, 1.807) is 50.4 Å². The van der Waals surface area contributed by atoms with Crippen molar-refractivity contribution in [2.24, 2.45) is 0 Å². The molecule has 3 rings (SSSR count). The predicted molar refractivity (Wildman–Crippen MR) is 122 cm³/mol. The lowest BCUT2D eigenvalue weighted by Gasteiger charge is -2.35. The normalized spacial score (nSPS) is 16.8. The van der Waals surface area contributed by atoms with E-state index in [0.29, 0.717) is 24.3 Å². The van der Waals surface area contributed by atoms with Crippen molar-refractivity contribution in [1.82, 2.24) is 14.9 Å². The van der Waals surface area contributed by atoms with Crippen LogP contribution in [0.25, 0.3) is 0 Å². The predicted octanol–water partition coefficient (Wildman–Crippen LogP) is 1.48. The number of methoxy groups -OCH3 is 1. The highest BCUT2D eigenvalue weighted by Gasteiger charge is 2.35. The zero-order valence-corrected chi connectivity index (χ0v) is 19.8. The van der Waals surface area contributed by atoms with Crippen LogP contribution in [0.5, 0.6) is 5.75 Å². The highest BCUT2D eigenvalue weighted by molar-refractivity contribution is 7.89. The van der Waals surface area contributed by atoms with Gasteiger partial charge < -0.3 is 20.1 Å². The van der Waals surface area contributed by atoms with Gasteiger partial charge in [-0.1, -0.05) is 24.3 Å². The molecular formula is C23H29N3O6S. The molecule has 1 fully saturated rings. The Morgan fingerprint density at radius 3 is 2.64 bits per heavy atom. The molecule has 1 aliphatic heterocycles. The molecule has 0 aromatic heterocycles. The molecule has 0 aliphatic carbocycles. The summed E-state index contributed by atoms with van der Waals surface area (Å²) in [6, 6.07) is 12.4. The van der Waals surface area contributed by atoms with E-state index in [9.17, 15) is 18.0 Å². The summed E-state index contributed by atoms with van der Waals surface area (Å²) in [5.41, 5.74) is 2.23. The summed E-state index contributed by atoms with van der Waals surface area (Å²) in [5.74, 6) is -1.04. The molecule has 0 radical (unpaired) electrons. The topological polar surface area (TPSA) is 114 Å². The second kappa shape index (κ2) is 10.8. The van der Waals surface area contributed by atoms with E-state index in [0.717, 1.165) is 11.1 Å². The molecule has 178 valence electrons. The largest absolute Gasteiger partial charge is 0.497 e. The van der Waals surface area contributed by atoms with E-state index >= 15 is 0 Å². The molecule has 2 aromatic rings. The molecule has 10 heteroatoms. The molecular weight excluding hydrogens is 446 g/mol. The molecule has 0 bridgehead atoms. The number of aryl methyl sites for hydroxylation is 2. The van der Waals surface area contributed by atoms with Crippen LogP contribution in [0.1, 0.15) is 23.1 Å². The molecule has 2 amide bonds. The number of amides is 2. The lowest BCUT2D eigenvalue weighted by molar-refractivity contribution is -0.140. The molecule has 2 N–H and O–H groups in total. The first kappa shape index (κ1) is 24.7. The van der Waals surface area contributed by atoms with Gasteiger partial charge >= 0.3 is 11.8 Å². The second-order valence-corrected chi connectivity index (χ2v) is 9.67. The molecule has 1 saturated heterocycles. The minimum absolute atomic E-state index is 0.143. The van der Waals surface area contributed by atoms with E-state index in [2.05, 4.69) is 10.6 Å². The molecule has 1 atom stereocenters. The van der Waals surface area contributed by atoms with Crippen LogP contribution >= 0.6 is 0 Å². The first-order valence-corrected chi connectivity index (χ1v) is 12.1. The van der Waals surface area contributed by atoms with Crippen LogP contribution in [-0.4, -0.2) is 57.6 Å². The Morgan fingerprint density at radius 2 is 1.88 bits per heavy atom. The Balaban J connectivity index is 1.62. The Hall–Kier alpha value is -2.95. The van der Waals surface area contributed by atoms with Crippen molar-refractivity contribution in [3.05, 3.63) is 59.2 Å². The van der Waals surface area contributed by atoms with Crippen LogP contribution in [-0.2, 0) is 30.9 Å². The van der Waals surface area contributed by atoms with Crippen molar-refractivity contribution in [2.75, 3.05) is 26.8 Å². The summed E-state index contributed by atoms with van der Waals surface area (Å²) in [7, 11) is -2.30. The zero-order valence-electron chi connectivity index (χ0n) is 19.0. The summed E-state index contributed by atoms with van der Waals surface area (Å²) in [5, 5.41) is 5.02. The third-order valence-electron chi connectivity index (χ3n) is 5.32. The summed E-state index contributed by atoms with van der Waals surface area (Å²) in [6.45, 7) is 4.19. The van der Waals surface area contributed by atoms with Crippen LogP contribution in [0.15, 0.2) is 47.4 Å². The zero-order chi connectivity index (χ0) is 24.0. The van der Waals surface area contributed by atoms with E-state index in [-0.39, 0.29) is 24.5 Å². The summed E-state index contributed by atoms with van der Waals surface area (Å²) < 4.78 is 38.6. The Labute approximate surface area is 194 Å². The highest BCUT2D eigenvalue weighted by Crippen LogP contribution is 2.25. The van der Waals surface area contributed by atoms with Crippen molar-refractivity contribution >= 4 is 21.8 Å². The maximum atomic E-state index is 13.3. The average Bonchev–Trinajstić information content (AvgIpc) is 2.82. The van der Waals surface area contributed by atoms with Crippen LogP contribution in [0.4, 0.5) is 0 Å². The second-order valence-electron chi connectivity index (χ2n) is 7.81. The van der Waals surface area contributed by atoms with Gasteiger partial charge in [-0.2, -0.15) is 4.31 Å². The highest BCUT2D eigenvalue weighted by atomic mass is 32.2. The third kappa shape index (κ3) is 6.10. The minimum atomic E-state index is -3.84. The maximum Gasteiger partial charge on any atom is 0.309 e. The fourth-order valence-corrected chi connectivity index (χ4v) is 5.40.